The quantitative estimate of drug-likeness (QED) is 0.658. The smallest absolute Gasteiger partial charge is 0.0178 e. The van der Waals surface area contributed by atoms with E-state index in [1.54, 1.807) is 0 Å². The van der Waals surface area contributed by atoms with Gasteiger partial charge >= 0.3 is 0 Å². The first-order chi connectivity index (χ1) is 5.23. The molecule has 1 rings (SSSR count). The van der Waals surface area contributed by atoms with Crippen molar-refractivity contribution < 1.29 is 0 Å². The summed E-state index contributed by atoms with van der Waals surface area (Å²) in [5.41, 5.74) is 0.438. The molecule has 0 saturated heterocycles. The minimum Gasteiger partial charge on any atom is -0.314 e. The van der Waals surface area contributed by atoms with Crippen LogP contribution in [0.25, 0.3) is 0 Å². The summed E-state index contributed by atoms with van der Waals surface area (Å²) in [6, 6.07) is 0. The largest absolute Gasteiger partial charge is 0.314 e. The molecule has 1 N–H and O–H groups in total. The molecule has 0 aliphatic heterocycles. The predicted molar refractivity (Wildman–Crippen MR) is 49.7 cm³/mol. The zero-order valence-electron chi connectivity index (χ0n) is 8.11. The first kappa shape index (κ1) is 9.05. The Morgan fingerprint density at radius 3 is 2.36 bits per heavy atom. The van der Waals surface area contributed by atoms with Gasteiger partial charge in [0.05, 0.1) is 0 Å². The molecule has 0 aromatic rings. The van der Waals surface area contributed by atoms with E-state index < -0.39 is 0 Å². The normalized spacial score (nSPS) is 24.3. The second-order valence-corrected chi connectivity index (χ2v) is 4.05. The van der Waals surface area contributed by atoms with Crippen LogP contribution < -0.4 is 5.32 Å². The average molecular weight is 155 g/mol. The molecular weight excluding hydrogens is 134 g/mol. The van der Waals surface area contributed by atoms with Crippen LogP contribution in [0.1, 0.15) is 46.0 Å². The highest BCUT2D eigenvalue weighted by molar-refractivity contribution is 4.92. The van der Waals surface area contributed by atoms with Crippen LogP contribution in [0.3, 0.4) is 0 Å². The van der Waals surface area contributed by atoms with Crippen molar-refractivity contribution >= 4 is 0 Å². The Morgan fingerprint density at radius 2 is 2.09 bits per heavy atom. The van der Waals surface area contributed by atoms with Crippen molar-refractivity contribution in [2.45, 2.75) is 51.5 Å². The Kier molecular flexibility index (Phi) is 2.94. The molecule has 0 heterocycles. The van der Waals surface area contributed by atoms with E-state index in [9.17, 15) is 0 Å². The molecule has 66 valence electrons. The standard InChI is InChI=1S/C10H21N/c1-4-8-10(2,11-3)9-6-5-7-9/h9,11H,4-8H2,1-3H3. The van der Waals surface area contributed by atoms with Gasteiger partial charge in [0.15, 0.2) is 0 Å². The summed E-state index contributed by atoms with van der Waals surface area (Å²) < 4.78 is 0. The molecular formula is C10H21N. The zero-order valence-corrected chi connectivity index (χ0v) is 8.11. The maximum absolute atomic E-state index is 3.48. The summed E-state index contributed by atoms with van der Waals surface area (Å²) >= 11 is 0. The van der Waals surface area contributed by atoms with Crippen LogP contribution in [0.15, 0.2) is 0 Å². The highest BCUT2D eigenvalue weighted by atomic mass is 14.9. The zero-order chi connectivity index (χ0) is 8.32. The summed E-state index contributed by atoms with van der Waals surface area (Å²) in [5, 5.41) is 3.48. The molecule has 0 bridgehead atoms. The molecule has 1 unspecified atom stereocenters. The maximum atomic E-state index is 3.48. The Hall–Kier alpha value is -0.0400. The topological polar surface area (TPSA) is 12.0 Å². The number of nitrogens with one attached hydrogen (secondary N) is 1. The predicted octanol–water partition coefficient (Wildman–Crippen LogP) is 2.56. The van der Waals surface area contributed by atoms with Crippen molar-refractivity contribution in [3.05, 3.63) is 0 Å². The van der Waals surface area contributed by atoms with E-state index in [1.165, 1.54) is 32.1 Å². The molecule has 1 nitrogen and oxygen atoms in total. The van der Waals surface area contributed by atoms with Gasteiger partial charge in [0.1, 0.15) is 0 Å². The minimum atomic E-state index is 0.438. The van der Waals surface area contributed by atoms with Crippen molar-refractivity contribution in [2.75, 3.05) is 7.05 Å². The number of hydrogen-bond donors (Lipinski definition) is 1. The van der Waals surface area contributed by atoms with Crippen molar-refractivity contribution in [3.8, 4) is 0 Å². The van der Waals surface area contributed by atoms with E-state index in [-0.39, 0.29) is 0 Å². The van der Waals surface area contributed by atoms with Gasteiger partial charge in [-0.25, -0.2) is 0 Å². The highest BCUT2D eigenvalue weighted by Crippen LogP contribution is 2.38. The van der Waals surface area contributed by atoms with Crippen LogP contribution in [0.2, 0.25) is 0 Å². The van der Waals surface area contributed by atoms with Crippen LogP contribution in [0, 0.1) is 5.92 Å². The maximum Gasteiger partial charge on any atom is 0.0178 e. The van der Waals surface area contributed by atoms with Gasteiger partial charge in [-0.1, -0.05) is 19.8 Å². The number of hydrogen-bond acceptors (Lipinski definition) is 1. The van der Waals surface area contributed by atoms with Crippen molar-refractivity contribution in [2.24, 2.45) is 5.92 Å². The van der Waals surface area contributed by atoms with E-state index in [4.69, 9.17) is 0 Å². The first-order valence-electron chi connectivity index (χ1n) is 4.92. The Labute approximate surface area is 70.6 Å². The van der Waals surface area contributed by atoms with Crippen molar-refractivity contribution in [1.29, 1.82) is 0 Å². The molecule has 1 aliphatic carbocycles. The lowest BCUT2D eigenvalue weighted by Gasteiger charge is -2.43. The second-order valence-electron chi connectivity index (χ2n) is 4.05. The molecule has 1 atom stereocenters. The fourth-order valence-corrected chi connectivity index (χ4v) is 2.10. The van der Waals surface area contributed by atoms with Crippen molar-refractivity contribution in [1.82, 2.24) is 5.32 Å². The molecule has 0 spiro atoms. The molecule has 0 aromatic carbocycles. The third-order valence-corrected chi connectivity index (χ3v) is 3.35. The summed E-state index contributed by atoms with van der Waals surface area (Å²) in [6.45, 7) is 4.65. The van der Waals surface area contributed by atoms with E-state index in [2.05, 4.69) is 26.2 Å². The summed E-state index contributed by atoms with van der Waals surface area (Å²) in [4.78, 5) is 0. The van der Waals surface area contributed by atoms with Crippen LogP contribution in [0.5, 0.6) is 0 Å². The van der Waals surface area contributed by atoms with Gasteiger partial charge in [0, 0.05) is 5.54 Å². The Bertz CT molecular complexity index is 118. The van der Waals surface area contributed by atoms with Gasteiger partial charge in [-0.2, -0.15) is 0 Å². The molecule has 1 heteroatoms. The van der Waals surface area contributed by atoms with Crippen LogP contribution in [-0.4, -0.2) is 12.6 Å². The van der Waals surface area contributed by atoms with Gasteiger partial charge in [0.25, 0.3) is 0 Å². The van der Waals surface area contributed by atoms with Gasteiger partial charge in [-0.15, -0.1) is 0 Å². The van der Waals surface area contributed by atoms with Crippen LogP contribution in [0.4, 0.5) is 0 Å². The van der Waals surface area contributed by atoms with Crippen LogP contribution in [-0.2, 0) is 0 Å². The molecule has 0 aromatic heterocycles. The monoisotopic (exact) mass is 155 g/mol. The molecule has 1 fully saturated rings. The van der Waals surface area contributed by atoms with Gasteiger partial charge in [-0.3, -0.25) is 0 Å². The molecule has 1 saturated carbocycles. The average Bonchev–Trinajstić information content (AvgIpc) is 1.84. The van der Waals surface area contributed by atoms with E-state index in [0.717, 1.165) is 5.92 Å². The Morgan fingerprint density at radius 1 is 1.45 bits per heavy atom. The van der Waals surface area contributed by atoms with E-state index in [1.807, 2.05) is 0 Å². The SMILES string of the molecule is CCCC(C)(NC)C1CCC1. The fourth-order valence-electron chi connectivity index (χ4n) is 2.10. The lowest BCUT2D eigenvalue weighted by atomic mass is 9.70. The summed E-state index contributed by atoms with van der Waals surface area (Å²) in [7, 11) is 2.11. The lowest BCUT2D eigenvalue weighted by Crippen LogP contribution is -2.49. The molecule has 0 amide bonds. The third-order valence-electron chi connectivity index (χ3n) is 3.35. The lowest BCUT2D eigenvalue weighted by molar-refractivity contribution is 0.140. The fraction of sp³-hybridized carbons (Fsp3) is 1.00. The van der Waals surface area contributed by atoms with Crippen molar-refractivity contribution in [3.63, 3.8) is 0 Å². The highest BCUT2D eigenvalue weighted by Gasteiger charge is 2.35. The minimum absolute atomic E-state index is 0.438. The molecule has 1 aliphatic rings. The van der Waals surface area contributed by atoms with E-state index in [0.29, 0.717) is 5.54 Å². The third kappa shape index (κ3) is 1.76. The molecule has 0 radical (unpaired) electrons. The Balaban J connectivity index is 2.43. The van der Waals surface area contributed by atoms with E-state index >= 15 is 0 Å². The van der Waals surface area contributed by atoms with Crippen LogP contribution >= 0.6 is 0 Å². The van der Waals surface area contributed by atoms with Gasteiger partial charge in [0.2, 0.25) is 0 Å². The number of rotatable bonds is 4. The second kappa shape index (κ2) is 3.57. The van der Waals surface area contributed by atoms with Gasteiger partial charge < -0.3 is 5.32 Å². The molecule has 11 heavy (non-hydrogen) atoms. The first-order valence-corrected chi connectivity index (χ1v) is 4.92. The summed E-state index contributed by atoms with van der Waals surface area (Å²) in [6.07, 6.45) is 6.96. The summed E-state index contributed by atoms with van der Waals surface area (Å²) in [5.74, 6) is 0.951. The van der Waals surface area contributed by atoms with Gasteiger partial charge in [-0.05, 0) is 39.2 Å².